The molecule has 31 heavy (non-hydrogen) atoms. The summed E-state index contributed by atoms with van der Waals surface area (Å²) < 4.78 is 0. The summed E-state index contributed by atoms with van der Waals surface area (Å²) >= 11 is 0. The van der Waals surface area contributed by atoms with Gasteiger partial charge >= 0.3 is 0 Å². The Morgan fingerprint density at radius 2 is 1.81 bits per heavy atom. The van der Waals surface area contributed by atoms with Crippen LogP contribution in [-0.2, 0) is 20.9 Å². The normalized spacial score (nSPS) is 35.1. The zero-order valence-electron chi connectivity index (χ0n) is 18.0. The lowest BCUT2D eigenvalue weighted by atomic mass is 9.68. The molecule has 0 aromatic heterocycles. The summed E-state index contributed by atoms with van der Waals surface area (Å²) in [4.78, 5) is 24.0. The molecule has 1 spiro atoms. The van der Waals surface area contributed by atoms with Crippen LogP contribution in [0.1, 0.15) is 67.7 Å². The number of primary amides is 1. The van der Waals surface area contributed by atoms with Crippen molar-refractivity contribution in [2.24, 2.45) is 11.7 Å². The van der Waals surface area contributed by atoms with E-state index in [9.17, 15) is 4.79 Å². The molecular weight excluding hydrogens is 390 g/mol. The van der Waals surface area contributed by atoms with Crippen molar-refractivity contribution in [1.82, 2.24) is 10.8 Å². The SMILES string of the molecule is CC1ON2NOC3(CCC(CC3)C1c1ccc(CC(N)=O)cc1)CC2c1ccccc1. The van der Waals surface area contributed by atoms with E-state index in [2.05, 4.69) is 48.9 Å². The average Bonchev–Trinajstić information content (AvgIpc) is 2.78. The average molecular weight is 422 g/mol. The van der Waals surface area contributed by atoms with Crippen LogP contribution in [0.15, 0.2) is 54.6 Å². The van der Waals surface area contributed by atoms with Crippen LogP contribution in [0.5, 0.6) is 0 Å². The van der Waals surface area contributed by atoms with Crippen molar-refractivity contribution in [3.8, 4) is 0 Å². The maximum atomic E-state index is 11.3. The van der Waals surface area contributed by atoms with Gasteiger partial charge in [-0.2, -0.15) is 0 Å². The predicted molar refractivity (Wildman–Crippen MR) is 117 cm³/mol. The molecule has 5 aliphatic heterocycles. The molecular formula is C25H31N3O3. The largest absolute Gasteiger partial charge is 0.369 e. The maximum absolute atomic E-state index is 11.3. The van der Waals surface area contributed by atoms with Crippen molar-refractivity contribution in [3.05, 3.63) is 71.3 Å². The second-order valence-electron chi connectivity index (χ2n) is 9.39. The van der Waals surface area contributed by atoms with E-state index < -0.39 is 0 Å². The lowest BCUT2D eigenvalue weighted by Crippen LogP contribution is -2.58. The maximum Gasteiger partial charge on any atom is 0.221 e. The summed E-state index contributed by atoms with van der Waals surface area (Å²) in [6.07, 6.45) is 5.50. The molecule has 2 aromatic carbocycles. The molecule has 5 saturated heterocycles. The van der Waals surface area contributed by atoms with Crippen LogP contribution in [0.3, 0.4) is 0 Å². The van der Waals surface area contributed by atoms with Crippen molar-refractivity contribution >= 4 is 5.91 Å². The molecule has 3 bridgehead atoms. The van der Waals surface area contributed by atoms with E-state index >= 15 is 0 Å². The van der Waals surface area contributed by atoms with Crippen molar-refractivity contribution in [2.75, 3.05) is 0 Å². The van der Waals surface area contributed by atoms with E-state index in [-0.39, 0.29) is 36.0 Å². The van der Waals surface area contributed by atoms with Gasteiger partial charge in [0.05, 0.1) is 24.2 Å². The zero-order valence-corrected chi connectivity index (χ0v) is 18.0. The Morgan fingerprint density at radius 1 is 1.10 bits per heavy atom. The highest BCUT2D eigenvalue weighted by molar-refractivity contribution is 5.76. The van der Waals surface area contributed by atoms with Gasteiger partial charge in [-0.25, -0.2) is 0 Å². The van der Waals surface area contributed by atoms with Crippen LogP contribution in [0.25, 0.3) is 0 Å². The van der Waals surface area contributed by atoms with Crippen LogP contribution in [0.2, 0.25) is 0 Å². The number of nitrogens with one attached hydrogen (secondary N) is 1. The number of hydrogen-bond donors (Lipinski definition) is 2. The first-order valence-electron chi connectivity index (χ1n) is 11.3. The van der Waals surface area contributed by atoms with Gasteiger partial charge in [-0.05, 0) is 55.2 Å². The smallest absolute Gasteiger partial charge is 0.221 e. The molecule has 8 rings (SSSR count). The molecule has 6 nitrogen and oxygen atoms in total. The highest BCUT2D eigenvalue weighted by atomic mass is 16.8. The minimum Gasteiger partial charge on any atom is -0.369 e. The fraction of sp³-hybridized carbons (Fsp3) is 0.480. The fourth-order valence-electron chi connectivity index (χ4n) is 5.77. The van der Waals surface area contributed by atoms with Crippen LogP contribution >= 0.6 is 0 Å². The molecule has 6 heteroatoms. The highest BCUT2D eigenvalue weighted by Crippen LogP contribution is 2.50. The summed E-state index contributed by atoms with van der Waals surface area (Å²) in [6.45, 7) is 2.16. The van der Waals surface area contributed by atoms with Gasteiger partial charge in [0.1, 0.15) is 0 Å². The van der Waals surface area contributed by atoms with Crippen molar-refractivity contribution in [2.45, 2.75) is 69.1 Å². The molecule has 1 saturated carbocycles. The number of hydroxylamine groups is 1. The molecule has 1 aliphatic carbocycles. The monoisotopic (exact) mass is 421 g/mol. The number of carbonyl (C=O) groups excluding carboxylic acids is 1. The third-order valence-electron chi connectivity index (χ3n) is 7.36. The Labute approximate surface area is 183 Å². The number of benzene rings is 2. The number of hydrogen-bond acceptors (Lipinski definition) is 5. The van der Waals surface area contributed by atoms with Crippen LogP contribution in [0.4, 0.5) is 0 Å². The highest BCUT2D eigenvalue weighted by Gasteiger charge is 2.49. The molecule has 4 atom stereocenters. The minimum absolute atomic E-state index is 0.0296. The van der Waals surface area contributed by atoms with Gasteiger partial charge in [0.2, 0.25) is 5.91 Å². The van der Waals surface area contributed by atoms with E-state index in [1.54, 1.807) is 0 Å². The first-order chi connectivity index (χ1) is 15.0. The Morgan fingerprint density at radius 3 is 2.48 bits per heavy atom. The zero-order chi connectivity index (χ0) is 21.4. The summed E-state index contributed by atoms with van der Waals surface area (Å²) in [5.41, 5.74) is 11.8. The number of nitrogens with two attached hydrogens (primary N) is 1. The number of rotatable bonds is 4. The quantitative estimate of drug-likeness (QED) is 0.782. The molecule has 6 aliphatic rings. The van der Waals surface area contributed by atoms with Gasteiger partial charge in [-0.1, -0.05) is 59.8 Å². The molecule has 164 valence electrons. The van der Waals surface area contributed by atoms with Crippen molar-refractivity contribution in [3.63, 3.8) is 0 Å². The Bertz CT molecular complexity index is 909. The number of carbonyl (C=O) groups is 1. The second-order valence-corrected chi connectivity index (χ2v) is 9.39. The Hall–Kier alpha value is -2.25. The molecule has 0 radical (unpaired) electrons. The van der Waals surface area contributed by atoms with Gasteiger partial charge in [-0.15, -0.1) is 5.59 Å². The van der Waals surface area contributed by atoms with Crippen LogP contribution in [-0.4, -0.2) is 22.8 Å². The third-order valence-corrected chi connectivity index (χ3v) is 7.36. The Balaban J connectivity index is 1.46. The minimum atomic E-state index is -0.303. The van der Waals surface area contributed by atoms with E-state index in [4.69, 9.17) is 15.4 Å². The van der Waals surface area contributed by atoms with E-state index in [0.29, 0.717) is 5.92 Å². The topological polar surface area (TPSA) is 76.8 Å². The molecule has 5 heterocycles. The van der Waals surface area contributed by atoms with Crippen LogP contribution < -0.4 is 11.3 Å². The molecule has 4 unspecified atom stereocenters. The van der Waals surface area contributed by atoms with E-state index in [1.165, 1.54) is 11.1 Å². The standard InChI is InChI=1S/C25H31N3O3/c1-17-24(20-9-7-18(8-10-20)15-23(26)29)21-11-13-25(14-12-21)16-22(28(30-17)27-31-25)19-5-3-2-4-6-19/h2-10,17,21-22,24,27H,11-16H2,1H3,(H2,26,29). The van der Waals surface area contributed by atoms with Crippen molar-refractivity contribution < 1.29 is 14.5 Å². The molecule has 2 aromatic rings. The number of amides is 1. The van der Waals surface area contributed by atoms with Gasteiger partial charge in [0, 0.05) is 12.3 Å². The lowest BCUT2D eigenvalue weighted by molar-refractivity contribution is -0.384. The van der Waals surface area contributed by atoms with Gasteiger partial charge in [0.25, 0.3) is 0 Å². The summed E-state index contributed by atoms with van der Waals surface area (Å²) in [6, 6.07) is 19.0. The van der Waals surface area contributed by atoms with Gasteiger partial charge < -0.3 is 5.73 Å². The van der Waals surface area contributed by atoms with E-state index in [1.807, 2.05) is 23.4 Å². The summed E-state index contributed by atoms with van der Waals surface area (Å²) in [5, 5.41) is 1.82. The van der Waals surface area contributed by atoms with Crippen LogP contribution in [0, 0.1) is 5.92 Å². The Kier molecular flexibility index (Phi) is 5.56. The molecule has 6 fully saturated rings. The first-order valence-corrected chi connectivity index (χ1v) is 11.3. The predicted octanol–water partition coefficient (Wildman–Crippen LogP) is 3.94. The first kappa shape index (κ1) is 20.6. The number of hydrazine groups is 1. The summed E-state index contributed by atoms with van der Waals surface area (Å²) in [7, 11) is 0. The van der Waals surface area contributed by atoms with Crippen molar-refractivity contribution in [1.29, 1.82) is 0 Å². The van der Waals surface area contributed by atoms with E-state index in [0.717, 1.165) is 37.7 Å². The number of nitrogens with zero attached hydrogens (tertiary/aromatic N) is 1. The third kappa shape index (κ3) is 4.13. The summed E-state index contributed by atoms with van der Waals surface area (Å²) in [5.74, 6) is 0.516. The van der Waals surface area contributed by atoms with Gasteiger partial charge in [0.15, 0.2) is 0 Å². The molecule has 3 N–H and O–H groups in total. The molecule has 1 amide bonds. The fourth-order valence-corrected chi connectivity index (χ4v) is 5.77. The second kappa shape index (κ2) is 8.36. The lowest BCUT2D eigenvalue weighted by Gasteiger charge is -2.52. The van der Waals surface area contributed by atoms with Gasteiger partial charge in [-0.3, -0.25) is 14.5 Å².